The number of ether oxygens (including phenoxy) is 1. The fraction of sp³-hybridized carbons (Fsp3) is 0.700. The number of imidazole rings is 1. The van der Waals surface area contributed by atoms with Crippen LogP contribution >= 0.6 is 12.2 Å². The van der Waals surface area contributed by atoms with Gasteiger partial charge in [0.2, 0.25) is 0 Å². The van der Waals surface area contributed by atoms with Crippen LogP contribution in [0.5, 0.6) is 0 Å². The third kappa shape index (κ3) is 2.45. The van der Waals surface area contributed by atoms with Crippen molar-refractivity contribution in [1.82, 2.24) is 9.55 Å². The molecule has 1 aromatic rings. The number of nitrogens with one attached hydrogen (secondary N) is 1. The van der Waals surface area contributed by atoms with Gasteiger partial charge in [-0.2, -0.15) is 0 Å². The first-order valence-corrected chi connectivity index (χ1v) is 5.58. The first-order valence-electron chi connectivity index (χ1n) is 5.18. The van der Waals surface area contributed by atoms with Gasteiger partial charge in [0.15, 0.2) is 4.77 Å². The van der Waals surface area contributed by atoms with E-state index >= 15 is 0 Å². The third-order valence-corrected chi connectivity index (χ3v) is 3.19. The SMILES string of the molecule is S=c1[nH]ccn1CCC1CCOCC1. The summed E-state index contributed by atoms with van der Waals surface area (Å²) in [7, 11) is 0. The molecule has 0 radical (unpaired) electrons. The average molecular weight is 212 g/mol. The summed E-state index contributed by atoms with van der Waals surface area (Å²) in [5.74, 6) is 0.820. The first-order chi connectivity index (χ1) is 6.86. The van der Waals surface area contributed by atoms with Crippen molar-refractivity contribution in [3.8, 4) is 0 Å². The van der Waals surface area contributed by atoms with Gasteiger partial charge in [0.05, 0.1) is 0 Å². The second-order valence-electron chi connectivity index (χ2n) is 3.80. The predicted octanol–water partition coefficient (Wildman–Crippen LogP) is 2.36. The second-order valence-corrected chi connectivity index (χ2v) is 4.19. The Bertz CT molecular complexity index is 325. The largest absolute Gasteiger partial charge is 0.381 e. The van der Waals surface area contributed by atoms with Gasteiger partial charge in [-0.1, -0.05) is 0 Å². The van der Waals surface area contributed by atoms with Gasteiger partial charge >= 0.3 is 0 Å². The Kier molecular flexibility index (Phi) is 3.37. The standard InChI is InChI=1S/C10H16N2OS/c14-10-11-4-6-12(10)5-1-9-2-7-13-8-3-9/h4,6,9H,1-3,5,7-8H2,(H,11,14). The fourth-order valence-electron chi connectivity index (χ4n) is 1.88. The van der Waals surface area contributed by atoms with Crippen LogP contribution in [0.25, 0.3) is 0 Å². The van der Waals surface area contributed by atoms with E-state index < -0.39 is 0 Å². The Morgan fingerprint density at radius 3 is 2.93 bits per heavy atom. The Labute approximate surface area is 89.1 Å². The van der Waals surface area contributed by atoms with E-state index in [1.165, 1.54) is 19.3 Å². The molecule has 1 aliphatic rings. The van der Waals surface area contributed by atoms with E-state index in [2.05, 4.69) is 9.55 Å². The normalized spacial score (nSPS) is 18.6. The van der Waals surface area contributed by atoms with Crippen molar-refractivity contribution in [2.45, 2.75) is 25.8 Å². The summed E-state index contributed by atoms with van der Waals surface area (Å²) >= 11 is 5.13. The highest BCUT2D eigenvalue weighted by Crippen LogP contribution is 2.18. The van der Waals surface area contributed by atoms with Gasteiger partial charge in [-0.05, 0) is 37.4 Å². The van der Waals surface area contributed by atoms with Crippen LogP contribution in [0, 0.1) is 10.7 Å². The predicted molar refractivity (Wildman–Crippen MR) is 57.8 cm³/mol. The quantitative estimate of drug-likeness (QED) is 0.780. The van der Waals surface area contributed by atoms with E-state index in [1.807, 2.05) is 12.4 Å². The number of aromatic nitrogens is 2. The third-order valence-electron chi connectivity index (χ3n) is 2.84. The summed E-state index contributed by atoms with van der Waals surface area (Å²) in [5.41, 5.74) is 0. The maximum absolute atomic E-state index is 5.33. The lowest BCUT2D eigenvalue weighted by Gasteiger charge is -2.21. The summed E-state index contributed by atoms with van der Waals surface area (Å²) in [5, 5.41) is 0. The number of aromatic amines is 1. The minimum absolute atomic E-state index is 0.820. The van der Waals surface area contributed by atoms with Crippen LogP contribution in [0.15, 0.2) is 12.4 Å². The lowest BCUT2D eigenvalue weighted by atomic mass is 9.97. The van der Waals surface area contributed by atoms with Crippen LogP contribution in [-0.2, 0) is 11.3 Å². The Hall–Kier alpha value is -0.610. The number of H-pyrrole nitrogens is 1. The monoisotopic (exact) mass is 212 g/mol. The highest BCUT2D eigenvalue weighted by Gasteiger charge is 2.13. The summed E-state index contributed by atoms with van der Waals surface area (Å²) in [6.07, 6.45) is 7.54. The fourth-order valence-corrected chi connectivity index (χ4v) is 2.10. The van der Waals surface area contributed by atoms with Crippen molar-refractivity contribution in [3.63, 3.8) is 0 Å². The summed E-state index contributed by atoms with van der Waals surface area (Å²) < 4.78 is 8.26. The molecule has 2 rings (SSSR count). The Morgan fingerprint density at radius 2 is 2.29 bits per heavy atom. The maximum atomic E-state index is 5.33. The van der Waals surface area contributed by atoms with Crippen molar-refractivity contribution < 1.29 is 4.74 Å². The minimum Gasteiger partial charge on any atom is -0.381 e. The van der Waals surface area contributed by atoms with Crippen LogP contribution in [0.1, 0.15) is 19.3 Å². The molecule has 0 amide bonds. The molecule has 1 saturated heterocycles. The molecule has 3 nitrogen and oxygen atoms in total. The molecule has 0 bridgehead atoms. The van der Waals surface area contributed by atoms with Crippen LogP contribution in [0.4, 0.5) is 0 Å². The smallest absolute Gasteiger partial charge is 0.177 e. The molecule has 0 aliphatic carbocycles. The van der Waals surface area contributed by atoms with Crippen molar-refractivity contribution in [3.05, 3.63) is 17.2 Å². The molecule has 78 valence electrons. The molecule has 1 aromatic heterocycles. The topological polar surface area (TPSA) is 29.9 Å². The molecule has 1 aliphatic heterocycles. The van der Waals surface area contributed by atoms with Gasteiger partial charge < -0.3 is 14.3 Å². The van der Waals surface area contributed by atoms with Gasteiger partial charge in [-0.15, -0.1) is 0 Å². The lowest BCUT2D eigenvalue weighted by Crippen LogP contribution is -2.17. The van der Waals surface area contributed by atoms with Crippen molar-refractivity contribution in [2.75, 3.05) is 13.2 Å². The second kappa shape index (κ2) is 4.75. The van der Waals surface area contributed by atoms with Crippen LogP contribution in [0.3, 0.4) is 0 Å². The van der Waals surface area contributed by atoms with Gasteiger partial charge in [0, 0.05) is 32.2 Å². The molecule has 0 atom stereocenters. The van der Waals surface area contributed by atoms with E-state index in [0.29, 0.717) is 0 Å². The van der Waals surface area contributed by atoms with Crippen molar-refractivity contribution in [1.29, 1.82) is 0 Å². The molecule has 4 heteroatoms. The van der Waals surface area contributed by atoms with Crippen LogP contribution in [-0.4, -0.2) is 22.8 Å². The number of nitrogens with zero attached hydrogens (tertiary/aromatic N) is 1. The van der Waals surface area contributed by atoms with Gasteiger partial charge in [0.25, 0.3) is 0 Å². The molecule has 0 saturated carbocycles. The van der Waals surface area contributed by atoms with Crippen molar-refractivity contribution in [2.24, 2.45) is 5.92 Å². The first kappa shape index (κ1) is 9.93. The molecular weight excluding hydrogens is 196 g/mol. The summed E-state index contributed by atoms with van der Waals surface area (Å²) in [6.45, 7) is 2.90. The lowest BCUT2D eigenvalue weighted by molar-refractivity contribution is 0.0626. The number of hydrogen-bond donors (Lipinski definition) is 1. The molecule has 2 heterocycles. The zero-order valence-electron chi connectivity index (χ0n) is 8.24. The van der Waals surface area contributed by atoms with E-state index in [9.17, 15) is 0 Å². The molecule has 1 N–H and O–H groups in total. The number of aryl methyl sites for hydroxylation is 1. The van der Waals surface area contributed by atoms with Crippen molar-refractivity contribution >= 4 is 12.2 Å². The minimum atomic E-state index is 0.820. The van der Waals surface area contributed by atoms with Crippen LogP contribution in [0.2, 0.25) is 0 Å². The van der Waals surface area contributed by atoms with E-state index in [-0.39, 0.29) is 0 Å². The summed E-state index contributed by atoms with van der Waals surface area (Å²) in [4.78, 5) is 3.01. The number of hydrogen-bond acceptors (Lipinski definition) is 2. The zero-order valence-corrected chi connectivity index (χ0v) is 9.05. The molecule has 1 fully saturated rings. The van der Waals surface area contributed by atoms with Gasteiger partial charge in [-0.25, -0.2) is 0 Å². The van der Waals surface area contributed by atoms with E-state index in [0.717, 1.165) is 30.4 Å². The zero-order chi connectivity index (χ0) is 9.80. The highest BCUT2D eigenvalue weighted by atomic mass is 32.1. The molecule has 0 spiro atoms. The summed E-state index contributed by atoms with van der Waals surface area (Å²) in [6, 6.07) is 0. The highest BCUT2D eigenvalue weighted by molar-refractivity contribution is 7.71. The Balaban J connectivity index is 1.82. The van der Waals surface area contributed by atoms with E-state index in [1.54, 1.807) is 0 Å². The Morgan fingerprint density at radius 1 is 1.50 bits per heavy atom. The molecule has 0 aromatic carbocycles. The number of rotatable bonds is 3. The average Bonchev–Trinajstić information content (AvgIpc) is 2.63. The van der Waals surface area contributed by atoms with E-state index in [4.69, 9.17) is 17.0 Å². The molecular formula is C10H16N2OS. The van der Waals surface area contributed by atoms with Gasteiger partial charge in [-0.3, -0.25) is 0 Å². The molecule has 0 unspecified atom stereocenters. The van der Waals surface area contributed by atoms with Crippen LogP contribution < -0.4 is 0 Å². The molecule has 14 heavy (non-hydrogen) atoms. The maximum Gasteiger partial charge on any atom is 0.177 e. The van der Waals surface area contributed by atoms with Gasteiger partial charge in [0.1, 0.15) is 0 Å².